The largest absolute Gasteiger partial charge is 0.493 e. The predicted octanol–water partition coefficient (Wildman–Crippen LogP) is 7.50. The zero-order valence-electron chi connectivity index (χ0n) is 21.3. The van der Waals surface area contributed by atoms with Crippen LogP contribution in [-0.2, 0) is 31.9 Å². The van der Waals surface area contributed by atoms with E-state index < -0.39 is 11.9 Å². The molecule has 0 fully saturated rings. The fourth-order valence-corrected chi connectivity index (χ4v) is 5.35. The highest BCUT2D eigenvalue weighted by Gasteiger charge is 2.38. The Hall–Kier alpha value is -2.86. The summed E-state index contributed by atoms with van der Waals surface area (Å²) in [5.74, 6) is 0.272. The number of hydrogen-bond donors (Lipinski definition) is 1. The fourth-order valence-electron chi connectivity index (χ4n) is 5.35. The Morgan fingerprint density at radius 3 is 2.39 bits per heavy atom. The molecule has 1 aliphatic carbocycles. The van der Waals surface area contributed by atoms with Gasteiger partial charge in [-0.05, 0) is 74.2 Å². The number of nitrogens with zero attached hydrogens (tertiary/aromatic N) is 1. The van der Waals surface area contributed by atoms with Gasteiger partial charge in [-0.1, -0.05) is 56.3 Å². The second kappa shape index (κ2) is 11.5. The number of halogens is 3. The third kappa shape index (κ3) is 5.59. The molecule has 0 aliphatic heterocycles. The summed E-state index contributed by atoms with van der Waals surface area (Å²) in [6, 6.07) is 16.1. The van der Waals surface area contributed by atoms with Crippen molar-refractivity contribution in [3.8, 4) is 17.0 Å². The van der Waals surface area contributed by atoms with E-state index >= 15 is 0 Å². The van der Waals surface area contributed by atoms with Crippen molar-refractivity contribution in [2.75, 3.05) is 13.2 Å². The summed E-state index contributed by atoms with van der Waals surface area (Å²) >= 11 is 0. The zero-order chi connectivity index (χ0) is 25.7. The lowest BCUT2D eigenvalue weighted by Crippen LogP contribution is -2.28. The lowest BCUT2D eigenvalue weighted by molar-refractivity contribution is -0.141. The molecule has 1 aromatic heterocycles. The van der Waals surface area contributed by atoms with Crippen molar-refractivity contribution in [3.63, 3.8) is 0 Å². The van der Waals surface area contributed by atoms with Gasteiger partial charge in [-0.15, -0.1) is 0 Å². The molecule has 1 N–H and O–H groups in total. The standard InChI is InChI=1S/C30H35F3N2O/c1-4-20-12-9-13-21(5-2)28(20)26-19-27(36-6-3)24(29(35-26)30(31,32)33)17-18-34-25-16-10-14-22-11-7-8-15-23(22)25/h7-9,11-13,15,19,25,34H,4-6,10,14,16-18H2,1-3H3/t25-/m0/s1. The van der Waals surface area contributed by atoms with Crippen LogP contribution in [0.3, 0.4) is 0 Å². The molecule has 6 heteroatoms. The van der Waals surface area contributed by atoms with Crippen molar-refractivity contribution in [2.45, 2.75) is 71.5 Å². The van der Waals surface area contributed by atoms with E-state index in [4.69, 9.17) is 4.74 Å². The normalized spacial score (nSPS) is 15.6. The summed E-state index contributed by atoms with van der Waals surface area (Å²) in [5, 5.41) is 3.51. The molecule has 2 aromatic carbocycles. The molecule has 192 valence electrons. The Balaban J connectivity index is 1.70. The number of hydrogen-bond acceptors (Lipinski definition) is 3. The maximum Gasteiger partial charge on any atom is 0.433 e. The zero-order valence-corrected chi connectivity index (χ0v) is 21.3. The minimum absolute atomic E-state index is 0.122. The van der Waals surface area contributed by atoms with E-state index in [9.17, 15) is 13.2 Å². The Bertz CT molecular complexity index is 1170. The third-order valence-corrected chi connectivity index (χ3v) is 7.04. The molecular weight excluding hydrogens is 461 g/mol. The van der Waals surface area contributed by atoms with E-state index in [0.29, 0.717) is 25.1 Å². The summed E-state index contributed by atoms with van der Waals surface area (Å²) in [6.07, 6.45) is 0.126. The van der Waals surface area contributed by atoms with Crippen molar-refractivity contribution < 1.29 is 17.9 Å². The van der Waals surface area contributed by atoms with Crippen molar-refractivity contribution in [2.24, 2.45) is 0 Å². The van der Waals surface area contributed by atoms with Gasteiger partial charge in [-0.25, -0.2) is 4.98 Å². The van der Waals surface area contributed by atoms with E-state index in [2.05, 4.69) is 22.4 Å². The number of fused-ring (bicyclic) bond motifs is 1. The topological polar surface area (TPSA) is 34.1 Å². The molecule has 0 spiro atoms. The average molecular weight is 497 g/mol. The van der Waals surface area contributed by atoms with E-state index in [1.807, 2.05) is 44.2 Å². The van der Waals surface area contributed by atoms with E-state index in [0.717, 1.165) is 36.0 Å². The molecule has 0 radical (unpaired) electrons. The van der Waals surface area contributed by atoms with Gasteiger partial charge in [0, 0.05) is 23.2 Å². The number of nitrogens with one attached hydrogen (secondary N) is 1. The molecule has 1 atom stereocenters. The molecule has 1 heterocycles. The van der Waals surface area contributed by atoms with Crippen LogP contribution < -0.4 is 10.1 Å². The maximum atomic E-state index is 14.4. The molecule has 0 amide bonds. The summed E-state index contributed by atoms with van der Waals surface area (Å²) in [6.45, 7) is 6.51. The number of pyridine rings is 1. The second-order valence-electron chi connectivity index (χ2n) is 9.27. The molecule has 0 saturated carbocycles. The van der Waals surface area contributed by atoms with E-state index in [1.165, 1.54) is 11.1 Å². The van der Waals surface area contributed by atoms with Crippen molar-refractivity contribution in [3.05, 3.63) is 82.0 Å². The van der Waals surface area contributed by atoms with Crippen LogP contribution in [0.2, 0.25) is 0 Å². The van der Waals surface area contributed by atoms with Gasteiger partial charge in [-0.2, -0.15) is 13.2 Å². The second-order valence-corrected chi connectivity index (χ2v) is 9.27. The van der Waals surface area contributed by atoms with Crippen LogP contribution in [0.5, 0.6) is 5.75 Å². The van der Waals surface area contributed by atoms with Gasteiger partial charge in [0.05, 0.1) is 12.3 Å². The first kappa shape index (κ1) is 26.2. The molecule has 3 nitrogen and oxygen atoms in total. The summed E-state index contributed by atoms with van der Waals surface area (Å²) < 4.78 is 48.9. The van der Waals surface area contributed by atoms with Crippen molar-refractivity contribution >= 4 is 0 Å². The third-order valence-electron chi connectivity index (χ3n) is 7.04. The molecule has 0 bridgehead atoms. The maximum absolute atomic E-state index is 14.4. The molecule has 0 saturated heterocycles. The Morgan fingerprint density at radius 2 is 1.72 bits per heavy atom. The van der Waals surface area contributed by atoms with Crippen LogP contribution >= 0.6 is 0 Å². The number of benzene rings is 2. The number of alkyl halides is 3. The first-order valence-corrected chi connectivity index (χ1v) is 13.0. The SMILES string of the molecule is CCOc1cc(-c2c(CC)cccc2CC)nc(C(F)(F)F)c1CCN[C@H]1CCCc2ccccc21. The van der Waals surface area contributed by atoms with E-state index in [-0.39, 0.29) is 30.4 Å². The Kier molecular flexibility index (Phi) is 8.35. The number of aromatic nitrogens is 1. The molecule has 3 aromatic rings. The molecular formula is C30H35F3N2O. The molecule has 0 unspecified atom stereocenters. The fraction of sp³-hybridized carbons (Fsp3) is 0.433. The average Bonchev–Trinajstić information content (AvgIpc) is 2.88. The summed E-state index contributed by atoms with van der Waals surface area (Å²) in [5.41, 5.74) is 4.95. The quantitative estimate of drug-likeness (QED) is 0.333. The number of rotatable bonds is 9. The molecule has 1 aliphatic rings. The summed E-state index contributed by atoms with van der Waals surface area (Å²) in [7, 11) is 0. The van der Waals surface area contributed by atoms with Gasteiger partial charge in [0.25, 0.3) is 0 Å². The Morgan fingerprint density at radius 1 is 1.00 bits per heavy atom. The van der Waals surface area contributed by atoms with Gasteiger partial charge in [0.2, 0.25) is 0 Å². The first-order chi connectivity index (χ1) is 17.4. The van der Waals surface area contributed by atoms with Crippen LogP contribution in [-0.4, -0.2) is 18.1 Å². The minimum atomic E-state index is -4.58. The number of ether oxygens (including phenoxy) is 1. The van der Waals surface area contributed by atoms with Gasteiger partial charge in [0.1, 0.15) is 5.75 Å². The van der Waals surface area contributed by atoms with Crippen LogP contribution in [0.15, 0.2) is 48.5 Å². The number of aryl methyl sites for hydroxylation is 3. The first-order valence-electron chi connectivity index (χ1n) is 13.0. The van der Waals surface area contributed by atoms with Crippen molar-refractivity contribution in [1.29, 1.82) is 0 Å². The minimum Gasteiger partial charge on any atom is -0.493 e. The highest BCUT2D eigenvalue weighted by molar-refractivity contribution is 5.70. The van der Waals surface area contributed by atoms with Gasteiger partial charge >= 0.3 is 6.18 Å². The highest BCUT2D eigenvalue weighted by atomic mass is 19.4. The van der Waals surface area contributed by atoms with Crippen LogP contribution in [0.4, 0.5) is 13.2 Å². The lowest BCUT2D eigenvalue weighted by Gasteiger charge is -2.27. The van der Waals surface area contributed by atoms with Crippen molar-refractivity contribution in [1.82, 2.24) is 10.3 Å². The van der Waals surface area contributed by atoms with Crippen LogP contribution in [0, 0.1) is 0 Å². The summed E-state index contributed by atoms with van der Waals surface area (Å²) in [4.78, 5) is 4.24. The molecule has 36 heavy (non-hydrogen) atoms. The smallest absolute Gasteiger partial charge is 0.433 e. The van der Waals surface area contributed by atoms with Gasteiger partial charge < -0.3 is 10.1 Å². The van der Waals surface area contributed by atoms with Crippen LogP contribution in [0.1, 0.15) is 73.2 Å². The predicted molar refractivity (Wildman–Crippen MR) is 138 cm³/mol. The Labute approximate surface area is 212 Å². The van der Waals surface area contributed by atoms with Crippen LogP contribution in [0.25, 0.3) is 11.3 Å². The highest BCUT2D eigenvalue weighted by Crippen LogP contribution is 2.39. The lowest BCUT2D eigenvalue weighted by atomic mass is 9.87. The van der Waals surface area contributed by atoms with Gasteiger partial charge in [0.15, 0.2) is 5.69 Å². The molecule has 4 rings (SSSR count). The van der Waals surface area contributed by atoms with E-state index in [1.54, 1.807) is 13.0 Å². The van der Waals surface area contributed by atoms with Gasteiger partial charge in [-0.3, -0.25) is 0 Å². The monoisotopic (exact) mass is 496 g/mol.